The number of nitrogens with two attached hydrogens (primary N) is 1. The van der Waals surface area contributed by atoms with Gasteiger partial charge in [-0.25, -0.2) is 0 Å². The van der Waals surface area contributed by atoms with Crippen LogP contribution in [0.15, 0.2) is 18.2 Å². The van der Waals surface area contributed by atoms with Crippen LogP contribution in [0, 0.1) is 6.92 Å². The predicted molar refractivity (Wildman–Crippen MR) is 61.5 cm³/mol. The van der Waals surface area contributed by atoms with E-state index in [1.54, 1.807) is 0 Å². The molecule has 0 aliphatic carbocycles. The SMILES string of the molecule is Cc1ccc2c(c1)C(O)C(N)CCO2.Cl. The number of halogens is 1. The van der Waals surface area contributed by atoms with E-state index >= 15 is 0 Å². The first-order chi connectivity index (χ1) is 6.68. The number of fused-ring (bicyclic) bond motifs is 1. The largest absolute Gasteiger partial charge is 0.493 e. The minimum atomic E-state index is -0.604. The van der Waals surface area contributed by atoms with Crippen molar-refractivity contribution in [3.8, 4) is 5.75 Å². The first kappa shape index (κ1) is 12.3. The van der Waals surface area contributed by atoms with Crippen molar-refractivity contribution in [2.24, 2.45) is 5.73 Å². The van der Waals surface area contributed by atoms with Crippen LogP contribution in [0.3, 0.4) is 0 Å². The Kier molecular flexibility index (Phi) is 3.97. The number of hydrogen-bond acceptors (Lipinski definition) is 3. The van der Waals surface area contributed by atoms with Crippen LogP contribution in [0.4, 0.5) is 0 Å². The van der Waals surface area contributed by atoms with Gasteiger partial charge in [-0.1, -0.05) is 11.6 Å². The van der Waals surface area contributed by atoms with Crippen LogP contribution in [0.2, 0.25) is 0 Å². The van der Waals surface area contributed by atoms with E-state index in [9.17, 15) is 5.11 Å². The Morgan fingerprint density at radius 1 is 1.47 bits per heavy atom. The molecule has 15 heavy (non-hydrogen) atoms. The Morgan fingerprint density at radius 3 is 2.93 bits per heavy atom. The van der Waals surface area contributed by atoms with Crippen LogP contribution < -0.4 is 10.5 Å². The van der Waals surface area contributed by atoms with Crippen LogP contribution in [-0.2, 0) is 0 Å². The zero-order valence-corrected chi connectivity index (χ0v) is 9.46. The van der Waals surface area contributed by atoms with Gasteiger partial charge in [-0.3, -0.25) is 0 Å². The fourth-order valence-electron chi connectivity index (χ4n) is 1.72. The Labute approximate surface area is 95.7 Å². The average Bonchev–Trinajstić information content (AvgIpc) is 2.30. The molecule has 0 saturated carbocycles. The third-order valence-electron chi connectivity index (χ3n) is 2.60. The highest BCUT2D eigenvalue weighted by Gasteiger charge is 2.23. The van der Waals surface area contributed by atoms with Crippen molar-refractivity contribution in [2.75, 3.05) is 6.61 Å². The fraction of sp³-hybridized carbons (Fsp3) is 0.455. The molecule has 2 atom stereocenters. The highest BCUT2D eigenvalue weighted by Crippen LogP contribution is 2.31. The fourth-order valence-corrected chi connectivity index (χ4v) is 1.72. The second kappa shape index (κ2) is 4.84. The summed E-state index contributed by atoms with van der Waals surface area (Å²) < 4.78 is 5.50. The second-order valence-electron chi connectivity index (χ2n) is 3.79. The van der Waals surface area contributed by atoms with Crippen molar-refractivity contribution in [2.45, 2.75) is 25.5 Å². The molecule has 1 aromatic rings. The third kappa shape index (κ3) is 2.43. The highest BCUT2D eigenvalue weighted by atomic mass is 35.5. The molecular weight excluding hydrogens is 214 g/mol. The average molecular weight is 230 g/mol. The van der Waals surface area contributed by atoms with Crippen molar-refractivity contribution in [1.82, 2.24) is 0 Å². The molecule has 0 amide bonds. The number of aryl methyl sites for hydroxylation is 1. The normalized spacial score (nSPS) is 24.5. The summed E-state index contributed by atoms with van der Waals surface area (Å²) >= 11 is 0. The summed E-state index contributed by atoms with van der Waals surface area (Å²) in [6.45, 7) is 2.57. The topological polar surface area (TPSA) is 55.5 Å². The Morgan fingerprint density at radius 2 is 2.20 bits per heavy atom. The molecular formula is C11H16ClNO2. The standard InChI is InChI=1S/C11H15NO2.ClH/c1-7-2-3-10-8(6-7)11(13)9(12)4-5-14-10;/h2-3,6,9,11,13H,4-5,12H2,1H3;1H. The number of aliphatic hydroxyl groups excluding tert-OH is 1. The number of benzene rings is 1. The molecule has 3 nitrogen and oxygen atoms in total. The van der Waals surface area contributed by atoms with Crippen molar-refractivity contribution < 1.29 is 9.84 Å². The quantitative estimate of drug-likeness (QED) is 0.710. The van der Waals surface area contributed by atoms with Crippen molar-refractivity contribution >= 4 is 12.4 Å². The summed E-state index contributed by atoms with van der Waals surface area (Å²) in [7, 11) is 0. The molecule has 0 radical (unpaired) electrons. The smallest absolute Gasteiger partial charge is 0.125 e. The zero-order chi connectivity index (χ0) is 10.1. The molecule has 0 aromatic heterocycles. The number of aliphatic hydroxyl groups is 1. The summed E-state index contributed by atoms with van der Waals surface area (Å²) in [5.74, 6) is 0.760. The summed E-state index contributed by atoms with van der Waals surface area (Å²) in [4.78, 5) is 0. The van der Waals surface area contributed by atoms with Gasteiger partial charge >= 0.3 is 0 Å². The lowest BCUT2D eigenvalue weighted by Crippen LogP contribution is -2.28. The van der Waals surface area contributed by atoms with Gasteiger partial charge < -0.3 is 15.6 Å². The van der Waals surface area contributed by atoms with E-state index in [1.165, 1.54) is 0 Å². The number of rotatable bonds is 0. The van der Waals surface area contributed by atoms with E-state index in [2.05, 4.69) is 0 Å². The molecule has 0 fully saturated rings. The van der Waals surface area contributed by atoms with E-state index in [0.717, 1.165) is 16.9 Å². The molecule has 1 aliphatic heterocycles. The van der Waals surface area contributed by atoms with Crippen LogP contribution >= 0.6 is 12.4 Å². The number of ether oxygens (including phenoxy) is 1. The lowest BCUT2D eigenvalue weighted by molar-refractivity contribution is 0.144. The van der Waals surface area contributed by atoms with Gasteiger partial charge in [-0.15, -0.1) is 12.4 Å². The van der Waals surface area contributed by atoms with Gasteiger partial charge in [-0.2, -0.15) is 0 Å². The monoisotopic (exact) mass is 229 g/mol. The van der Waals surface area contributed by atoms with Crippen LogP contribution in [0.1, 0.15) is 23.7 Å². The number of hydrogen-bond donors (Lipinski definition) is 2. The van der Waals surface area contributed by atoms with Crippen LogP contribution in [0.25, 0.3) is 0 Å². The zero-order valence-electron chi connectivity index (χ0n) is 8.64. The second-order valence-corrected chi connectivity index (χ2v) is 3.79. The van der Waals surface area contributed by atoms with E-state index in [1.807, 2.05) is 25.1 Å². The first-order valence-electron chi connectivity index (χ1n) is 4.85. The highest BCUT2D eigenvalue weighted by molar-refractivity contribution is 5.85. The van der Waals surface area contributed by atoms with Gasteiger partial charge in [0.15, 0.2) is 0 Å². The van der Waals surface area contributed by atoms with Crippen molar-refractivity contribution in [3.05, 3.63) is 29.3 Å². The lowest BCUT2D eigenvalue weighted by Gasteiger charge is -2.16. The maximum Gasteiger partial charge on any atom is 0.125 e. The van der Waals surface area contributed by atoms with E-state index in [0.29, 0.717) is 13.0 Å². The molecule has 0 bridgehead atoms. The van der Waals surface area contributed by atoms with Gasteiger partial charge in [-0.05, 0) is 25.5 Å². The van der Waals surface area contributed by atoms with Gasteiger partial charge in [0.1, 0.15) is 5.75 Å². The van der Waals surface area contributed by atoms with Gasteiger partial charge in [0.2, 0.25) is 0 Å². The Balaban J connectivity index is 0.00000112. The van der Waals surface area contributed by atoms with E-state index in [-0.39, 0.29) is 18.4 Å². The van der Waals surface area contributed by atoms with Gasteiger partial charge in [0.05, 0.1) is 12.7 Å². The van der Waals surface area contributed by atoms with E-state index < -0.39 is 6.10 Å². The maximum absolute atomic E-state index is 9.93. The third-order valence-corrected chi connectivity index (χ3v) is 2.60. The summed E-state index contributed by atoms with van der Waals surface area (Å²) in [5, 5.41) is 9.93. The predicted octanol–water partition coefficient (Wildman–Crippen LogP) is 1.56. The molecule has 2 unspecified atom stereocenters. The molecule has 3 N–H and O–H groups in total. The summed E-state index contributed by atoms with van der Waals surface area (Å²) in [5.41, 5.74) is 7.74. The molecule has 1 heterocycles. The Bertz CT molecular complexity index is 343. The van der Waals surface area contributed by atoms with Crippen molar-refractivity contribution in [3.63, 3.8) is 0 Å². The van der Waals surface area contributed by atoms with Crippen molar-refractivity contribution in [1.29, 1.82) is 0 Å². The molecule has 84 valence electrons. The molecule has 2 rings (SSSR count). The molecule has 0 saturated heterocycles. The Hall–Kier alpha value is -0.770. The minimum Gasteiger partial charge on any atom is -0.493 e. The van der Waals surface area contributed by atoms with Gasteiger partial charge in [0.25, 0.3) is 0 Å². The van der Waals surface area contributed by atoms with Gasteiger partial charge in [0, 0.05) is 11.6 Å². The molecule has 4 heteroatoms. The van der Waals surface area contributed by atoms with E-state index in [4.69, 9.17) is 10.5 Å². The molecule has 0 spiro atoms. The summed E-state index contributed by atoms with van der Waals surface area (Å²) in [6, 6.07) is 5.58. The molecule has 1 aliphatic rings. The van der Waals surface area contributed by atoms with Crippen LogP contribution in [0.5, 0.6) is 5.75 Å². The maximum atomic E-state index is 9.93. The lowest BCUT2D eigenvalue weighted by atomic mass is 9.99. The van der Waals surface area contributed by atoms with Crippen LogP contribution in [-0.4, -0.2) is 17.8 Å². The molecule has 1 aromatic carbocycles. The first-order valence-corrected chi connectivity index (χ1v) is 4.85. The minimum absolute atomic E-state index is 0. The summed E-state index contributed by atoms with van der Waals surface area (Å²) in [6.07, 6.45) is 0.0851.